The number of likely N-dealkylation sites (N-methyl/N-ethyl adjacent to an activating group) is 1. The van der Waals surface area contributed by atoms with Crippen molar-refractivity contribution in [3.8, 4) is 0 Å². The molecule has 0 saturated heterocycles. The molecule has 9 nitrogen and oxygen atoms in total. The van der Waals surface area contributed by atoms with Crippen LogP contribution >= 0.6 is 7.82 Å². The predicted molar refractivity (Wildman–Crippen MR) is 379 cm³/mol. The summed E-state index contributed by atoms with van der Waals surface area (Å²) < 4.78 is 34.4. The van der Waals surface area contributed by atoms with Crippen molar-refractivity contribution in [3.05, 3.63) is 72.9 Å². The molecule has 2 unspecified atom stereocenters. The van der Waals surface area contributed by atoms with Crippen LogP contribution in [0.1, 0.15) is 361 Å². The molecule has 0 aromatic carbocycles. The number of unbranched alkanes of at least 4 members (excludes halogenated alkanes) is 44. The fraction of sp³-hybridized carbons (Fsp3) is 0.821. The maximum Gasteiger partial charge on any atom is 0.306 e. The molecule has 0 rings (SSSR count). The van der Waals surface area contributed by atoms with Gasteiger partial charge in [-0.3, -0.25) is 14.2 Å². The van der Waals surface area contributed by atoms with Crippen molar-refractivity contribution in [2.45, 2.75) is 367 Å². The van der Waals surface area contributed by atoms with E-state index in [-0.39, 0.29) is 32.0 Å². The monoisotopic (exact) mass is 1250 g/mol. The van der Waals surface area contributed by atoms with E-state index in [0.29, 0.717) is 17.4 Å². The number of allylic oxidation sites excluding steroid dienone is 12. The van der Waals surface area contributed by atoms with Crippen LogP contribution in [0, 0.1) is 0 Å². The van der Waals surface area contributed by atoms with Crippen molar-refractivity contribution in [3.63, 3.8) is 0 Å². The standard InChI is InChI=1S/C78H144NO8P/c1-6-8-10-12-14-16-18-20-22-24-26-28-30-32-33-34-35-36-37-38-39-40-41-42-43-44-45-47-48-50-52-54-56-58-60-62-64-66-68-70-77(80)84-74-76(75-86-88(82,83)85-73-72-79(3,4)5)87-78(81)71-69-67-65-63-61-59-57-55-53-51-49-46-31-29-27-25-23-21-19-17-15-13-11-9-7-2/h9,11,15,17-18,20-21,23-24,26-27,29,76H,6-8,10,12-14,16,19,22,25,28,30-75H2,1-5H3/b11-9-,17-15-,20-18-,23-21-,26-24-,29-27-. The van der Waals surface area contributed by atoms with Gasteiger partial charge in [0.25, 0.3) is 7.82 Å². The van der Waals surface area contributed by atoms with Crippen LogP contribution in [0.3, 0.4) is 0 Å². The quantitative estimate of drug-likeness (QED) is 0.0195. The number of quaternary nitrogens is 1. The molecule has 0 aliphatic rings. The molecule has 10 heteroatoms. The SMILES string of the molecule is CC/C=C\C/C=C\C/C=C\C/C=C\CCCCCCCCCCCCCCC(=O)OC(COC(=O)CCCCCCCCCCCCCCCCCCCCCCCCCCCCC/C=C\C/C=C\CCCCCCC)COP(=O)([O-])OCC[N+](C)(C)C. The molecule has 88 heavy (non-hydrogen) atoms. The lowest BCUT2D eigenvalue weighted by Crippen LogP contribution is -2.37. The molecule has 0 fully saturated rings. The van der Waals surface area contributed by atoms with Gasteiger partial charge in [0.15, 0.2) is 6.10 Å². The maximum atomic E-state index is 12.9. The lowest BCUT2D eigenvalue weighted by molar-refractivity contribution is -0.870. The Labute approximate surface area is 546 Å². The van der Waals surface area contributed by atoms with Gasteiger partial charge in [-0.15, -0.1) is 0 Å². The zero-order chi connectivity index (χ0) is 64.1. The molecule has 0 radical (unpaired) electrons. The Morgan fingerprint density at radius 1 is 0.364 bits per heavy atom. The summed E-state index contributed by atoms with van der Waals surface area (Å²) in [5, 5.41) is 0. The lowest BCUT2D eigenvalue weighted by atomic mass is 10.0. The first kappa shape index (κ1) is 85.5. The molecule has 2 atom stereocenters. The van der Waals surface area contributed by atoms with Gasteiger partial charge in [-0.2, -0.15) is 0 Å². The van der Waals surface area contributed by atoms with Crippen molar-refractivity contribution in [1.82, 2.24) is 0 Å². The van der Waals surface area contributed by atoms with E-state index >= 15 is 0 Å². The van der Waals surface area contributed by atoms with Crippen LogP contribution in [0.4, 0.5) is 0 Å². The molecule has 0 aromatic heterocycles. The number of rotatable bonds is 70. The van der Waals surface area contributed by atoms with E-state index in [4.69, 9.17) is 18.5 Å². The summed E-state index contributed by atoms with van der Waals surface area (Å²) in [6.07, 6.45) is 93.0. The highest BCUT2D eigenvalue weighted by molar-refractivity contribution is 7.45. The van der Waals surface area contributed by atoms with E-state index in [1.807, 2.05) is 21.1 Å². The molecule has 0 heterocycles. The fourth-order valence-corrected chi connectivity index (χ4v) is 11.7. The van der Waals surface area contributed by atoms with Crippen molar-refractivity contribution in [1.29, 1.82) is 0 Å². The molecule has 0 bridgehead atoms. The Morgan fingerprint density at radius 3 is 0.966 bits per heavy atom. The molecule has 0 amide bonds. The average Bonchev–Trinajstić information content (AvgIpc) is 3.57. The highest BCUT2D eigenvalue weighted by Crippen LogP contribution is 2.38. The molecule has 514 valence electrons. The van der Waals surface area contributed by atoms with Crippen LogP contribution in [-0.4, -0.2) is 70.0 Å². The first-order valence-electron chi connectivity index (χ1n) is 37.6. The minimum absolute atomic E-state index is 0.0312. The van der Waals surface area contributed by atoms with Gasteiger partial charge in [-0.05, 0) is 83.5 Å². The van der Waals surface area contributed by atoms with Crippen LogP contribution in [0.25, 0.3) is 0 Å². The fourth-order valence-electron chi connectivity index (χ4n) is 11.0. The van der Waals surface area contributed by atoms with Crippen LogP contribution < -0.4 is 4.89 Å². The summed E-state index contributed by atoms with van der Waals surface area (Å²) in [6.45, 7) is 4.17. The number of hydrogen-bond acceptors (Lipinski definition) is 8. The first-order chi connectivity index (χ1) is 43.0. The van der Waals surface area contributed by atoms with E-state index in [9.17, 15) is 19.0 Å². The highest BCUT2D eigenvalue weighted by atomic mass is 31.2. The summed E-state index contributed by atoms with van der Waals surface area (Å²) in [7, 11) is 1.18. The van der Waals surface area contributed by atoms with Crippen LogP contribution in [0.5, 0.6) is 0 Å². The van der Waals surface area contributed by atoms with Crippen LogP contribution in [0.2, 0.25) is 0 Å². The van der Waals surface area contributed by atoms with Gasteiger partial charge in [0, 0.05) is 12.8 Å². The third-order valence-electron chi connectivity index (χ3n) is 16.7. The van der Waals surface area contributed by atoms with Gasteiger partial charge in [0.2, 0.25) is 0 Å². The largest absolute Gasteiger partial charge is 0.756 e. The summed E-state index contributed by atoms with van der Waals surface area (Å²) >= 11 is 0. The summed E-state index contributed by atoms with van der Waals surface area (Å²) in [5.41, 5.74) is 0. The number of carbonyl (C=O) groups excluding carboxylic acids is 2. The van der Waals surface area contributed by atoms with Gasteiger partial charge < -0.3 is 27.9 Å². The number of phosphoric ester groups is 1. The Balaban J connectivity index is 3.92. The molecule has 0 aliphatic carbocycles. The summed E-state index contributed by atoms with van der Waals surface area (Å²) in [5.74, 6) is -0.820. The van der Waals surface area contributed by atoms with Crippen molar-refractivity contribution in [2.24, 2.45) is 0 Å². The van der Waals surface area contributed by atoms with E-state index in [0.717, 1.165) is 70.6 Å². The third kappa shape index (κ3) is 72.5. The molecule has 0 N–H and O–H groups in total. The van der Waals surface area contributed by atoms with Gasteiger partial charge >= 0.3 is 11.9 Å². The van der Waals surface area contributed by atoms with Crippen LogP contribution in [-0.2, 0) is 32.7 Å². The normalized spacial score (nSPS) is 13.5. The second-order valence-electron chi connectivity index (χ2n) is 26.6. The Kier molecular flexibility index (Phi) is 66.8. The lowest BCUT2D eigenvalue weighted by Gasteiger charge is -2.28. The van der Waals surface area contributed by atoms with Gasteiger partial charge in [-0.25, -0.2) is 0 Å². The van der Waals surface area contributed by atoms with Crippen molar-refractivity contribution in [2.75, 3.05) is 47.5 Å². The minimum atomic E-state index is -4.64. The number of nitrogens with zero attached hydrogens (tertiary/aromatic N) is 1. The van der Waals surface area contributed by atoms with Crippen LogP contribution in [0.15, 0.2) is 72.9 Å². The minimum Gasteiger partial charge on any atom is -0.756 e. The number of esters is 2. The summed E-state index contributed by atoms with van der Waals surface area (Å²) in [6, 6.07) is 0. The molecular weight excluding hydrogens is 1110 g/mol. The molecule has 0 saturated carbocycles. The Morgan fingerprint density at radius 2 is 0.648 bits per heavy atom. The number of phosphoric acid groups is 1. The van der Waals surface area contributed by atoms with Crippen molar-refractivity contribution < 1.29 is 42.1 Å². The third-order valence-corrected chi connectivity index (χ3v) is 17.7. The zero-order valence-corrected chi connectivity index (χ0v) is 59.6. The van der Waals surface area contributed by atoms with Gasteiger partial charge in [0.05, 0.1) is 27.7 Å². The first-order valence-corrected chi connectivity index (χ1v) is 39.1. The van der Waals surface area contributed by atoms with E-state index in [1.54, 1.807) is 0 Å². The molecular formula is C78H144NO8P. The molecule has 0 aliphatic heterocycles. The summed E-state index contributed by atoms with van der Waals surface area (Å²) in [4.78, 5) is 38.1. The Hall–Kier alpha value is -2.55. The van der Waals surface area contributed by atoms with Crippen molar-refractivity contribution >= 4 is 19.8 Å². The zero-order valence-electron chi connectivity index (χ0n) is 58.7. The second kappa shape index (κ2) is 68.8. The van der Waals surface area contributed by atoms with Gasteiger partial charge in [-0.1, -0.05) is 337 Å². The smallest absolute Gasteiger partial charge is 0.306 e. The number of carbonyl (C=O) groups is 2. The number of ether oxygens (including phenoxy) is 2. The predicted octanol–water partition coefficient (Wildman–Crippen LogP) is 24.1. The molecule has 0 spiro atoms. The Bertz CT molecular complexity index is 1710. The van der Waals surface area contributed by atoms with E-state index in [2.05, 4.69) is 86.8 Å². The highest BCUT2D eigenvalue weighted by Gasteiger charge is 2.22. The maximum absolute atomic E-state index is 12.9. The number of hydrogen-bond donors (Lipinski definition) is 0. The average molecular weight is 1250 g/mol. The van der Waals surface area contributed by atoms with Gasteiger partial charge in [0.1, 0.15) is 19.8 Å². The van der Waals surface area contributed by atoms with E-state index < -0.39 is 26.5 Å². The topological polar surface area (TPSA) is 111 Å². The van der Waals surface area contributed by atoms with E-state index in [1.165, 1.54) is 257 Å². The second-order valence-corrected chi connectivity index (χ2v) is 28.0. The molecule has 0 aromatic rings.